The van der Waals surface area contributed by atoms with Crippen LogP contribution in [0.25, 0.3) is 0 Å². The van der Waals surface area contributed by atoms with E-state index in [4.69, 9.17) is 14.2 Å². The van der Waals surface area contributed by atoms with Crippen molar-refractivity contribution in [1.29, 1.82) is 0 Å². The minimum atomic E-state index is -1.20. The van der Waals surface area contributed by atoms with Crippen molar-refractivity contribution in [3.63, 3.8) is 0 Å². The fraction of sp³-hybridized carbons (Fsp3) is 0.292. The molecule has 2 aromatic carbocycles. The van der Waals surface area contributed by atoms with Gasteiger partial charge in [0.05, 0.1) is 35.1 Å². The van der Waals surface area contributed by atoms with Crippen LogP contribution in [0.2, 0.25) is 0 Å². The number of aliphatic hydroxyl groups is 1. The number of halogens is 1. The number of nitrogens with one attached hydrogen (secondary N) is 3. The number of amides is 2. The predicted molar refractivity (Wildman–Crippen MR) is 141 cm³/mol. The summed E-state index contributed by atoms with van der Waals surface area (Å²) in [5.41, 5.74) is 4.03. The molecule has 0 spiro atoms. The van der Waals surface area contributed by atoms with Crippen LogP contribution in [0.5, 0.6) is 23.0 Å². The summed E-state index contributed by atoms with van der Waals surface area (Å²) in [7, 11) is 1.26. The van der Waals surface area contributed by atoms with Crippen LogP contribution in [0, 0.1) is 3.57 Å². The Bertz CT molecular complexity index is 1230. The first-order valence-corrected chi connectivity index (χ1v) is 12.2. The number of methoxy groups -OCH3 is 1. The molecular weight excluding hydrogens is 599 g/mol. The van der Waals surface area contributed by atoms with E-state index in [1.165, 1.54) is 25.5 Å². The first-order chi connectivity index (χ1) is 17.6. The number of carbonyl (C=O) groups is 2. The number of hydrazone groups is 1. The van der Waals surface area contributed by atoms with Crippen molar-refractivity contribution < 1.29 is 39.1 Å². The number of phenolic OH excluding ortho intramolecular Hbond substituents is 2. The maximum absolute atomic E-state index is 12.4. The topological polar surface area (TPSA) is 171 Å². The Hall–Kier alpha value is -3.72. The number of benzene rings is 2. The third-order valence-electron chi connectivity index (χ3n) is 5.20. The molecule has 0 saturated heterocycles. The molecule has 0 aromatic heterocycles. The molecule has 0 saturated carbocycles. The fourth-order valence-electron chi connectivity index (χ4n) is 3.48. The second-order valence-corrected chi connectivity index (χ2v) is 8.94. The van der Waals surface area contributed by atoms with E-state index in [2.05, 4.69) is 21.2 Å². The number of carbonyl (C=O) groups excluding carboxylic acids is 2. The normalized spacial score (nSPS) is 16.1. The average molecular weight is 626 g/mol. The van der Waals surface area contributed by atoms with Crippen LogP contribution in [0.3, 0.4) is 0 Å². The summed E-state index contributed by atoms with van der Waals surface area (Å²) >= 11 is 1.91. The third-order valence-corrected chi connectivity index (χ3v) is 6.06. The molecule has 13 heteroatoms. The summed E-state index contributed by atoms with van der Waals surface area (Å²) in [6, 6.07) is 6.40. The zero-order valence-electron chi connectivity index (χ0n) is 20.2. The Labute approximate surface area is 226 Å². The molecule has 0 unspecified atom stereocenters. The van der Waals surface area contributed by atoms with E-state index in [9.17, 15) is 24.9 Å². The molecule has 3 rings (SSSR count). The molecule has 198 valence electrons. The first kappa shape index (κ1) is 27.9. The monoisotopic (exact) mass is 626 g/mol. The van der Waals surface area contributed by atoms with Crippen LogP contribution in [-0.2, 0) is 9.53 Å². The van der Waals surface area contributed by atoms with Crippen LogP contribution < -0.4 is 25.5 Å². The van der Waals surface area contributed by atoms with Gasteiger partial charge in [-0.1, -0.05) is 6.07 Å². The number of aromatic hydroxyl groups is 2. The lowest BCUT2D eigenvalue weighted by Crippen LogP contribution is -2.45. The maximum atomic E-state index is 12.4. The molecule has 6 N–H and O–H groups in total. The molecule has 12 nitrogen and oxygen atoms in total. The van der Waals surface area contributed by atoms with Crippen molar-refractivity contribution in [3.05, 3.63) is 56.3 Å². The number of urea groups is 1. The van der Waals surface area contributed by atoms with Crippen LogP contribution in [0.4, 0.5) is 4.79 Å². The number of esters is 1. The molecule has 0 fully saturated rings. The molecule has 37 heavy (non-hydrogen) atoms. The second kappa shape index (κ2) is 12.5. The lowest BCUT2D eigenvalue weighted by atomic mass is 9.95. The molecule has 0 radical (unpaired) electrons. The molecule has 0 bridgehead atoms. The Kier molecular flexibility index (Phi) is 9.41. The molecule has 1 aliphatic rings. The summed E-state index contributed by atoms with van der Waals surface area (Å²) < 4.78 is 16.8. The van der Waals surface area contributed by atoms with Gasteiger partial charge >= 0.3 is 12.0 Å². The Morgan fingerprint density at radius 3 is 2.68 bits per heavy atom. The number of rotatable bonds is 10. The first-order valence-electron chi connectivity index (χ1n) is 11.1. The summed E-state index contributed by atoms with van der Waals surface area (Å²) in [6.07, 6.45) is 0.0893. The van der Waals surface area contributed by atoms with Gasteiger partial charge < -0.3 is 40.2 Å². The number of aliphatic hydroxyl groups excluding tert-OH is 1. The highest BCUT2D eigenvalue weighted by molar-refractivity contribution is 14.1. The second-order valence-electron chi connectivity index (χ2n) is 7.78. The Morgan fingerprint density at radius 1 is 1.22 bits per heavy atom. The standard InChI is InChI=1S/C24H27IN4O8/c1-4-36-19-8-13(22-21(23(33)35-3)12(2)27-24(34)28-22)5-6-18(19)37-11-20(32)29-26-10-14-7-15(25)17(31)9-16(14)30/h5-10,20,22,29-32H,4,11H2,1-3H3,(H2,27,28,34)/b26-10-/t20-,22+/m0/s1. The zero-order valence-corrected chi connectivity index (χ0v) is 22.4. The summed E-state index contributed by atoms with van der Waals surface area (Å²) in [5, 5.41) is 38.9. The van der Waals surface area contributed by atoms with Gasteiger partial charge in [0.2, 0.25) is 0 Å². The Morgan fingerprint density at radius 2 is 1.97 bits per heavy atom. The number of allylic oxidation sites excluding steroid dienone is 1. The lowest BCUT2D eigenvalue weighted by molar-refractivity contribution is -0.136. The van der Waals surface area contributed by atoms with Crippen LogP contribution >= 0.6 is 22.6 Å². The van der Waals surface area contributed by atoms with Gasteiger partial charge in [-0.3, -0.25) is 5.43 Å². The van der Waals surface area contributed by atoms with E-state index in [1.807, 2.05) is 22.6 Å². The quantitative estimate of drug-likeness (QED) is 0.0761. The fourth-order valence-corrected chi connectivity index (χ4v) is 3.98. The van der Waals surface area contributed by atoms with E-state index < -0.39 is 24.3 Å². The van der Waals surface area contributed by atoms with Crippen LogP contribution in [0.1, 0.15) is 31.0 Å². The number of ether oxygens (including phenoxy) is 3. The minimum absolute atomic E-state index is 0.0528. The largest absolute Gasteiger partial charge is 0.507 e. The van der Waals surface area contributed by atoms with Crippen molar-refractivity contribution in [2.24, 2.45) is 5.10 Å². The smallest absolute Gasteiger partial charge is 0.337 e. The number of nitrogens with zero attached hydrogens (tertiary/aromatic N) is 1. The van der Waals surface area contributed by atoms with E-state index >= 15 is 0 Å². The number of hydrogen-bond acceptors (Lipinski definition) is 10. The zero-order chi connectivity index (χ0) is 27.1. The highest BCUT2D eigenvalue weighted by Gasteiger charge is 2.32. The summed E-state index contributed by atoms with van der Waals surface area (Å²) in [4.78, 5) is 24.4. The van der Waals surface area contributed by atoms with Gasteiger partial charge in [0.1, 0.15) is 18.1 Å². The Balaban J connectivity index is 1.71. The van der Waals surface area contributed by atoms with Gasteiger partial charge in [-0.05, 0) is 60.2 Å². The molecule has 2 amide bonds. The number of hydrogen-bond donors (Lipinski definition) is 6. The van der Waals surface area contributed by atoms with Crippen molar-refractivity contribution in [1.82, 2.24) is 16.1 Å². The van der Waals surface area contributed by atoms with E-state index in [0.717, 1.165) is 0 Å². The van der Waals surface area contributed by atoms with Crippen molar-refractivity contribution >= 4 is 40.8 Å². The van der Waals surface area contributed by atoms with E-state index in [-0.39, 0.29) is 23.7 Å². The molecular formula is C24H27IN4O8. The maximum Gasteiger partial charge on any atom is 0.337 e. The van der Waals surface area contributed by atoms with E-state index in [0.29, 0.717) is 38.5 Å². The highest BCUT2D eigenvalue weighted by atomic mass is 127. The van der Waals surface area contributed by atoms with Crippen LogP contribution in [0.15, 0.2) is 46.7 Å². The predicted octanol–water partition coefficient (Wildman–Crippen LogP) is 2.22. The van der Waals surface area contributed by atoms with Gasteiger partial charge in [-0.2, -0.15) is 5.10 Å². The molecule has 0 aliphatic carbocycles. The van der Waals surface area contributed by atoms with Crippen molar-refractivity contribution in [2.75, 3.05) is 20.3 Å². The van der Waals surface area contributed by atoms with Gasteiger partial charge in [0.25, 0.3) is 0 Å². The summed E-state index contributed by atoms with van der Waals surface area (Å²) in [5.74, 6) is -0.141. The van der Waals surface area contributed by atoms with Gasteiger partial charge in [0, 0.05) is 17.3 Å². The van der Waals surface area contributed by atoms with Crippen molar-refractivity contribution in [2.45, 2.75) is 26.1 Å². The van der Waals surface area contributed by atoms with Gasteiger partial charge in [-0.15, -0.1) is 0 Å². The molecule has 2 atom stereocenters. The SMILES string of the molecule is CCOc1cc([C@H]2NC(=O)NC(C)=C2C(=O)OC)ccc1OC[C@H](O)N/N=C\c1cc(I)c(O)cc1O. The third kappa shape index (κ3) is 6.95. The number of phenols is 2. The molecule has 1 aliphatic heterocycles. The highest BCUT2D eigenvalue weighted by Crippen LogP contribution is 2.35. The van der Waals surface area contributed by atoms with Gasteiger partial charge in [0.15, 0.2) is 17.7 Å². The van der Waals surface area contributed by atoms with E-state index in [1.54, 1.807) is 32.0 Å². The minimum Gasteiger partial charge on any atom is -0.507 e. The van der Waals surface area contributed by atoms with Crippen molar-refractivity contribution in [3.8, 4) is 23.0 Å². The average Bonchev–Trinajstić information content (AvgIpc) is 2.85. The lowest BCUT2D eigenvalue weighted by Gasteiger charge is -2.28. The van der Waals surface area contributed by atoms with Gasteiger partial charge in [-0.25, -0.2) is 9.59 Å². The summed E-state index contributed by atoms with van der Waals surface area (Å²) in [6.45, 7) is 3.51. The molecule has 2 aromatic rings. The van der Waals surface area contributed by atoms with Crippen LogP contribution in [-0.4, -0.2) is 60.1 Å². The molecule has 1 heterocycles.